The Morgan fingerprint density at radius 3 is 2.65 bits per heavy atom. The molecule has 31 heavy (non-hydrogen) atoms. The number of amides is 1. The third-order valence-electron chi connectivity index (χ3n) is 4.61. The average Bonchev–Trinajstić information content (AvgIpc) is 3.28. The van der Waals surface area contributed by atoms with Gasteiger partial charge >= 0.3 is 0 Å². The SMILES string of the molecule is O=C(CSc1nncn1-c1ccccc1)Nc1cccc(S(=O)(=O)N2CCOCC2)c1. The van der Waals surface area contributed by atoms with Crippen molar-refractivity contribution in [3.8, 4) is 5.69 Å². The van der Waals surface area contributed by atoms with E-state index >= 15 is 0 Å². The van der Waals surface area contributed by atoms with Crippen LogP contribution < -0.4 is 5.32 Å². The Hall–Kier alpha value is -2.73. The van der Waals surface area contributed by atoms with Crippen LogP contribution >= 0.6 is 11.8 Å². The number of carbonyl (C=O) groups excluding carboxylic acids is 1. The molecule has 2 aromatic carbocycles. The minimum atomic E-state index is -3.63. The summed E-state index contributed by atoms with van der Waals surface area (Å²) in [6.45, 7) is 1.39. The Bertz CT molecular complexity index is 1150. The van der Waals surface area contributed by atoms with Crippen LogP contribution in [0.15, 0.2) is 71.0 Å². The van der Waals surface area contributed by atoms with Gasteiger partial charge in [-0.1, -0.05) is 36.0 Å². The summed E-state index contributed by atoms with van der Waals surface area (Å²) in [6, 6.07) is 15.9. The fraction of sp³-hybridized carbons (Fsp3) is 0.250. The van der Waals surface area contributed by atoms with Crippen molar-refractivity contribution in [1.29, 1.82) is 0 Å². The van der Waals surface area contributed by atoms with Crippen molar-refractivity contribution < 1.29 is 17.9 Å². The number of hydrogen-bond acceptors (Lipinski definition) is 7. The highest BCUT2D eigenvalue weighted by Crippen LogP contribution is 2.22. The van der Waals surface area contributed by atoms with E-state index < -0.39 is 10.0 Å². The van der Waals surface area contributed by atoms with Crippen LogP contribution in [0.4, 0.5) is 5.69 Å². The maximum atomic E-state index is 12.8. The molecular weight excluding hydrogens is 438 g/mol. The number of anilines is 1. The predicted octanol–water partition coefficient (Wildman–Crippen LogP) is 2.02. The van der Waals surface area contributed by atoms with Crippen LogP contribution in [0.1, 0.15) is 0 Å². The highest BCUT2D eigenvalue weighted by molar-refractivity contribution is 7.99. The Labute approximate surface area is 184 Å². The molecule has 4 rings (SSSR count). The predicted molar refractivity (Wildman–Crippen MR) is 117 cm³/mol. The normalized spacial score (nSPS) is 15.0. The number of morpholine rings is 1. The summed E-state index contributed by atoms with van der Waals surface area (Å²) in [5.41, 5.74) is 1.32. The van der Waals surface area contributed by atoms with E-state index in [1.165, 1.54) is 28.2 Å². The Balaban J connectivity index is 1.40. The van der Waals surface area contributed by atoms with E-state index in [1.807, 2.05) is 30.3 Å². The van der Waals surface area contributed by atoms with E-state index in [1.54, 1.807) is 23.0 Å². The third kappa shape index (κ3) is 5.13. The molecule has 0 saturated carbocycles. The molecular formula is C20H21N5O4S2. The smallest absolute Gasteiger partial charge is 0.243 e. The van der Waals surface area contributed by atoms with Crippen LogP contribution in [-0.4, -0.2) is 65.5 Å². The molecule has 0 aliphatic carbocycles. The van der Waals surface area contributed by atoms with Crippen LogP contribution in [0.5, 0.6) is 0 Å². The van der Waals surface area contributed by atoms with Gasteiger partial charge in [-0.25, -0.2) is 8.42 Å². The largest absolute Gasteiger partial charge is 0.379 e. The number of nitrogens with zero attached hydrogens (tertiary/aromatic N) is 4. The number of sulfonamides is 1. The van der Waals surface area contributed by atoms with Gasteiger partial charge in [0.05, 0.1) is 23.9 Å². The molecule has 1 N–H and O–H groups in total. The molecule has 0 atom stereocenters. The minimum Gasteiger partial charge on any atom is -0.379 e. The molecule has 1 amide bonds. The number of carbonyl (C=O) groups is 1. The molecule has 2 heterocycles. The zero-order chi connectivity index (χ0) is 21.7. The summed E-state index contributed by atoms with van der Waals surface area (Å²) in [5.74, 6) is -0.167. The van der Waals surface area contributed by atoms with E-state index in [9.17, 15) is 13.2 Å². The Morgan fingerprint density at radius 2 is 1.87 bits per heavy atom. The first kappa shape index (κ1) is 21.5. The van der Waals surface area contributed by atoms with Gasteiger partial charge in [0.1, 0.15) is 6.33 Å². The van der Waals surface area contributed by atoms with Gasteiger partial charge < -0.3 is 10.1 Å². The van der Waals surface area contributed by atoms with E-state index in [0.717, 1.165) is 5.69 Å². The molecule has 1 saturated heterocycles. The molecule has 0 bridgehead atoms. The third-order valence-corrected chi connectivity index (χ3v) is 7.45. The zero-order valence-corrected chi connectivity index (χ0v) is 18.2. The number of benzene rings is 2. The number of nitrogens with one attached hydrogen (secondary N) is 1. The summed E-state index contributed by atoms with van der Waals surface area (Å²) in [5, 5.41) is 11.3. The fourth-order valence-electron chi connectivity index (χ4n) is 3.09. The van der Waals surface area contributed by atoms with Gasteiger partial charge in [-0.15, -0.1) is 10.2 Å². The number of para-hydroxylation sites is 1. The number of hydrogen-bond donors (Lipinski definition) is 1. The molecule has 1 fully saturated rings. The van der Waals surface area contributed by atoms with Gasteiger partial charge in [0.2, 0.25) is 15.9 Å². The maximum absolute atomic E-state index is 12.8. The van der Waals surface area contributed by atoms with Gasteiger partial charge in [-0.2, -0.15) is 4.31 Å². The molecule has 0 unspecified atom stereocenters. The van der Waals surface area contributed by atoms with E-state index in [4.69, 9.17) is 4.74 Å². The number of rotatable bonds is 7. The fourth-order valence-corrected chi connectivity index (χ4v) is 5.27. The van der Waals surface area contributed by atoms with Crippen molar-refractivity contribution in [2.75, 3.05) is 37.4 Å². The van der Waals surface area contributed by atoms with Crippen molar-refractivity contribution in [3.63, 3.8) is 0 Å². The summed E-state index contributed by atoms with van der Waals surface area (Å²) >= 11 is 1.25. The lowest BCUT2D eigenvalue weighted by molar-refractivity contribution is -0.113. The number of thioether (sulfide) groups is 1. The van der Waals surface area contributed by atoms with E-state index in [0.29, 0.717) is 37.1 Å². The second-order valence-electron chi connectivity index (χ2n) is 6.70. The van der Waals surface area contributed by atoms with Crippen LogP contribution in [0, 0.1) is 0 Å². The van der Waals surface area contributed by atoms with Crippen LogP contribution in [-0.2, 0) is 19.6 Å². The van der Waals surface area contributed by atoms with Crippen molar-refractivity contribution in [2.24, 2.45) is 0 Å². The second kappa shape index (κ2) is 9.60. The maximum Gasteiger partial charge on any atom is 0.243 e. The standard InChI is InChI=1S/C20H21N5O4S2/c26-19(14-30-20-23-21-15-25(20)17-6-2-1-3-7-17)22-16-5-4-8-18(13-16)31(27,28)24-9-11-29-12-10-24/h1-8,13,15H,9-12,14H2,(H,22,26). The molecule has 1 aromatic heterocycles. The Morgan fingerprint density at radius 1 is 1.10 bits per heavy atom. The first-order chi connectivity index (χ1) is 15.0. The van der Waals surface area contributed by atoms with Crippen molar-refractivity contribution >= 4 is 33.4 Å². The topological polar surface area (TPSA) is 106 Å². The summed E-state index contributed by atoms with van der Waals surface area (Å²) in [7, 11) is -3.63. The quantitative estimate of drug-likeness (QED) is 0.539. The lowest BCUT2D eigenvalue weighted by atomic mass is 10.3. The monoisotopic (exact) mass is 459 g/mol. The van der Waals surface area contributed by atoms with E-state index in [2.05, 4.69) is 15.5 Å². The van der Waals surface area contributed by atoms with Gasteiger partial charge in [-0.05, 0) is 30.3 Å². The van der Waals surface area contributed by atoms with Crippen LogP contribution in [0.2, 0.25) is 0 Å². The second-order valence-corrected chi connectivity index (χ2v) is 9.58. The number of aromatic nitrogens is 3. The summed E-state index contributed by atoms with van der Waals surface area (Å²) in [4.78, 5) is 12.6. The van der Waals surface area contributed by atoms with Gasteiger partial charge in [-0.3, -0.25) is 9.36 Å². The van der Waals surface area contributed by atoms with Crippen molar-refractivity contribution in [3.05, 3.63) is 60.9 Å². The Kier molecular flexibility index (Phi) is 6.66. The molecule has 0 spiro atoms. The van der Waals surface area contributed by atoms with Gasteiger partial charge in [0.15, 0.2) is 5.16 Å². The molecule has 1 aliphatic heterocycles. The molecule has 0 radical (unpaired) electrons. The van der Waals surface area contributed by atoms with Gasteiger partial charge in [0.25, 0.3) is 0 Å². The highest BCUT2D eigenvalue weighted by atomic mass is 32.2. The molecule has 11 heteroatoms. The lowest BCUT2D eigenvalue weighted by Crippen LogP contribution is -2.40. The van der Waals surface area contributed by atoms with Gasteiger partial charge in [0, 0.05) is 24.5 Å². The summed E-state index contributed by atoms with van der Waals surface area (Å²) in [6.07, 6.45) is 1.59. The summed E-state index contributed by atoms with van der Waals surface area (Å²) < 4.78 is 34.0. The minimum absolute atomic E-state index is 0.103. The first-order valence-corrected chi connectivity index (χ1v) is 12.0. The van der Waals surface area contributed by atoms with Crippen LogP contribution in [0.3, 0.4) is 0 Å². The molecule has 1 aliphatic rings. The van der Waals surface area contributed by atoms with Crippen molar-refractivity contribution in [1.82, 2.24) is 19.1 Å². The van der Waals surface area contributed by atoms with E-state index in [-0.39, 0.29) is 16.6 Å². The highest BCUT2D eigenvalue weighted by Gasteiger charge is 2.26. The van der Waals surface area contributed by atoms with Crippen LogP contribution in [0.25, 0.3) is 5.69 Å². The molecule has 3 aromatic rings. The first-order valence-electron chi connectivity index (χ1n) is 9.60. The molecule has 162 valence electrons. The van der Waals surface area contributed by atoms with Crippen molar-refractivity contribution in [2.45, 2.75) is 10.1 Å². The molecule has 9 nitrogen and oxygen atoms in total. The lowest BCUT2D eigenvalue weighted by Gasteiger charge is -2.26. The number of ether oxygens (including phenoxy) is 1. The zero-order valence-electron chi connectivity index (χ0n) is 16.5. The average molecular weight is 460 g/mol.